The first kappa shape index (κ1) is 54.2. The number of carbonyl (C=O) groups is 1. The molecule has 2 saturated heterocycles. The molecule has 2 aromatic heterocycles. The van der Waals surface area contributed by atoms with Crippen LogP contribution >= 0.6 is 23.5 Å². The maximum Gasteiger partial charge on any atom is 1.00 e. The van der Waals surface area contributed by atoms with E-state index in [1.807, 2.05) is 0 Å². The Balaban J connectivity index is 0.00000541. The van der Waals surface area contributed by atoms with Crippen molar-refractivity contribution in [3.05, 3.63) is 36.7 Å². The number of hydrogen-bond acceptors (Lipinski definition) is 22. The van der Waals surface area contributed by atoms with Crippen molar-refractivity contribution in [3.63, 3.8) is 0 Å². The number of phosphoric acid groups is 3. The SMILES string of the molecule is NC(=O)C1=CN([C@@H]2O[C@H](COP(=O)([O-])OP(=O)([O-])OC[C@H]3O[C@@H](n4cnc5c(N)ncnc54)[C@H](OP(=O)([O-])[O-])[C@@H]3O)[C@@H](O)[C@H]2O)C=CC1.O.[Na+].[Na+].[Na+].[Na+]. The van der Waals surface area contributed by atoms with Gasteiger partial charge in [-0.2, -0.15) is 0 Å². The molecule has 10 atom stereocenters. The van der Waals surface area contributed by atoms with Crippen molar-refractivity contribution in [2.45, 2.75) is 55.5 Å². The molecule has 274 valence electrons. The predicted molar refractivity (Wildman–Crippen MR) is 147 cm³/mol. The first-order chi connectivity index (χ1) is 22.4. The molecule has 1 amide bonds. The number of fused-ring (bicyclic) bond motifs is 1. The largest absolute Gasteiger partial charge is 1.00 e. The maximum atomic E-state index is 12.4. The summed E-state index contributed by atoms with van der Waals surface area (Å²) >= 11 is 0. The molecule has 25 nitrogen and oxygen atoms in total. The fourth-order valence-corrected chi connectivity index (χ4v) is 7.45. The van der Waals surface area contributed by atoms with Crippen LogP contribution in [0.1, 0.15) is 12.6 Å². The number of amides is 1. The first-order valence-electron chi connectivity index (χ1n) is 13.4. The van der Waals surface area contributed by atoms with Gasteiger partial charge < -0.3 is 84.3 Å². The number of aliphatic hydroxyl groups is 3. The van der Waals surface area contributed by atoms with E-state index in [1.165, 1.54) is 23.4 Å². The first-order valence-corrected chi connectivity index (χ1v) is 17.8. The van der Waals surface area contributed by atoms with E-state index in [9.17, 15) is 53.4 Å². The van der Waals surface area contributed by atoms with Gasteiger partial charge in [-0.3, -0.25) is 18.5 Å². The molecule has 3 aliphatic heterocycles. The number of hydrogen-bond donors (Lipinski definition) is 5. The summed E-state index contributed by atoms with van der Waals surface area (Å²) in [7, 11) is -17.4. The number of rotatable bonds is 13. The summed E-state index contributed by atoms with van der Waals surface area (Å²) in [6, 6.07) is 0. The number of allylic oxidation sites excluding steroid dienone is 1. The van der Waals surface area contributed by atoms with Crippen LogP contribution in [-0.2, 0) is 45.8 Å². The third-order valence-electron chi connectivity index (χ3n) is 7.09. The van der Waals surface area contributed by atoms with Crippen LogP contribution in [0.4, 0.5) is 5.82 Å². The van der Waals surface area contributed by atoms with Crippen molar-refractivity contribution in [2.75, 3.05) is 18.9 Å². The normalized spacial score (nSPS) is 28.9. The topological polar surface area (TPSA) is 407 Å². The average Bonchev–Trinajstić information content (AvgIpc) is 3.64. The Morgan fingerprint density at radius 1 is 0.906 bits per heavy atom. The number of carbonyl (C=O) groups excluding carboxylic acids is 1. The molecule has 0 bridgehead atoms. The molecule has 2 unspecified atom stereocenters. The second-order valence-electron chi connectivity index (χ2n) is 10.3. The van der Waals surface area contributed by atoms with E-state index in [1.54, 1.807) is 0 Å². The summed E-state index contributed by atoms with van der Waals surface area (Å²) in [6.45, 7) is -2.26. The van der Waals surface area contributed by atoms with E-state index >= 15 is 0 Å². The van der Waals surface area contributed by atoms with Gasteiger partial charge in [0.15, 0.2) is 23.9 Å². The molecule has 0 radical (unpaired) electrons. The zero-order valence-electron chi connectivity index (χ0n) is 28.4. The Labute approximate surface area is 387 Å². The van der Waals surface area contributed by atoms with E-state index in [-0.39, 0.29) is 153 Å². The summed E-state index contributed by atoms with van der Waals surface area (Å²) in [4.78, 5) is 71.8. The number of primary amides is 1. The molecular formula is C21H28N7Na4O18P3. The summed E-state index contributed by atoms with van der Waals surface area (Å²) in [5.74, 6) is -0.849. The van der Waals surface area contributed by atoms with Crippen molar-refractivity contribution in [1.82, 2.24) is 24.4 Å². The van der Waals surface area contributed by atoms with Gasteiger partial charge in [0.2, 0.25) is 5.91 Å². The Kier molecular flexibility index (Phi) is 22.5. The summed E-state index contributed by atoms with van der Waals surface area (Å²) in [6.07, 6.45) is -7.38. The van der Waals surface area contributed by atoms with Gasteiger partial charge in [0, 0.05) is 18.0 Å². The van der Waals surface area contributed by atoms with E-state index in [4.69, 9.17) is 20.9 Å². The number of ether oxygens (including phenoxy) is 2. The van der Waals surface area contributed by atoms with Gasteiger partial charge >= 0.3 is 118 Å². The molecule has 0 aliphatic carbocycles. The Bertz CT molecular complexity index is 1760. The number of aliphatic hydroxyl groups excluding tert-OH is 3. The molecule has 0 aromatic carbocycles. The molecule has 0 spiro atoms. The van der Waals surface area contributed by atoms with Crippen LogP contribution in [0, 0.1) is 0 Å². The summed E-state index contributed by atoms with van der Waals surface area (Å²) < 4.78 is 65.6. The van der Waals surface area contributed by atoms with Crippen LogP contribution in [0.5, 0.6) is 0 Å². The molecule has 5 heterocycles. The molecule has 2 fully saturated rings. The molecule has 2 aromatic rings. The maximum absolute atomic E-state index is 12.4. The van der Waals surface area contributed by atoms with E-state index in [0.717, 1.165) is 17.2 Å². The van der Waals surface area contributed by atoms with Crippen LogP contribution in [0.25, 0.3) is 11.2 Å². The predicted octanol–water partition coefficient (Wildman–Crippen LogP) is -17.9. The number of aromatic nitrogens is 4. The van der Waals surface area contributed by atoms with Crippen LogP contribution in [0.2, 0.25) is 0 Å². The van der Waals surface area contributed by atoms with Gasteiger partial charge in [0.25, 0.3) is 15.6 Å². The van der Waals surface area contributed by atoms with Gasteiger partial charge in [-0.05, 0) is 6.42 Å². The van der Waals surface area contributed by atoms with Gasteiger partial charge in [-0.25, -0.2) is 19.3 Å². The van der Waals surface area contributed by atoms with Gasteiger partial charge in [-0.15, -0.1) is 0 Å². The Morgan fingerprint density at radius 3 is 2.04 bits per heavy atom. The third-order valence-corrected chi connectivity index (χ3v) is 10.1. The average molecular weight is 851 g/mol. The molecule has 53 heavy (non-hydrogen) atoms. The minimum atomic E-state index is -5.86. The fourth-order valence-electron chi connectivity index (χ4n) is 4.91. The van der Waals surface area contributed by atoms with Crippen molar-refractivity contribution < 1.29 is 204 Å². The minimum Gasteiger partial charge on any atom is -0.790 e. The molecule has 3 aliphatic rings. The Hall–Kier alpha value is 1.23. The number of anilines is 1. The molecule has 5 rings (SSSR count). The van der Waals surface area contributed by atoms with Crippen molar-refractivity contribution in [1.29, 1.82) is 0 Å². The molecule has 0 saturated carbocycles. The van der Waals surface area contributed by atoms with E-state index in [2.05, 4.69) is 32.8 Å². The fraction of sp³-hybridized carbons (Fsp3) is 0.524. The number of nitrogens with zero attached hydrogens (tertiary/aromatic N) is 5. The number of nitrogens with two attached hydrogens (primary N) is 2. The van der Waals surface area contributed by atoms with E-state index in [0.29, 0.717) is 0 Å². The smallest absolute Gasteiger partial charge is 0.790 e. The quantitative estimate of drug-likeness (QED) is 0.0922. The number of phosphoric ester groups is 3. The number of nitrogen functional groups attached to an aromatic ring is 1. The van der Waals surface area contributed by atoms with Crippen molar-refractivity contribution >= 4 is 46.4 Å². The minimum absolute atomic E-state index is 0. The van der Waals surface area contributed by atoms with Gasteiger partial charge in [0.05, 0.1) is 27.4 Å². The van der Waals surface area contributed by atoms with E-state index < -0.39 is 91.7 Å². The summed E-state index contributed by atoms with van der Waals surface area (Å²) in [5, 5.41) is 31.4. The van der Waals surface area contributed by atoms with Crippen LogP contribution in [0.3, 0.4) is 0 Å². The molecule has 9 N–H and O–H groups in total. The summed E-state index contributed by atoms with van der Waals surface area (Å²) in [5.41, 5.74) is 11.1. The zero-order chi connectivity index (χ0) is 35.2. The zero-order valence-corrected chi connectivity index (χ0v) is 39.1. The number of imidazole rings is 1. The van der Waals surface area contributed by atoms with Gasteiger partial charge in [0.1, 0.15) is 48.5 Å². The van der Waals surface area contributed by atoms with Gasteiger partial charge in [-0.1, -0.05) is 6.08 Å². The second kappa shape index (κ2) is 22.0. The van der Waals surface area contributed by atoms with Crippen LogP contribution < -0.4 is 149 Å². The third kappa shape index (κ3) is 13.6. The van der Waals surface area contributed by atoms with Crippen LogP contribution in [-0.4, -0.2) is 107 Å². The standard InChI is InChI=1S/C21H30N7O17P3.4Na.H2O/c22-17-12-19(25-7-24-17)28(8-26-12)21-16(44-46(33,34)35)14(30)11(43-21)6-41-48(38,39)45-47(36,37)40-5-10-13(29)15(31)20(42-10)27-3-1-2-9(4-27)18(23)32;;;;;/h1,3-4,7-8,10-11,13-16,20-21,29-31H,2,5-6H2,(H2,23,32)(H,36,37)(H,38,39)(H2,22,24,25)(H2,33,34,35);;;;;1H2/q;4*+1;/p-4/t10-,11-,13-,14-,15-,16-,20-,21-;;;;;/m1...../s1. The van der Waals surface area contributed by atoms with Crippen LogP contribution in [0.15, 0.2) is 36.7 Å². The second-order valence-corrected chi connectivity index (χ2v) is 14.4. The van der Waals surface area contributed by atoms with Crippen molar-refractivity contribution in [2.24, 2.45) is 5.73 Å². The Morgan fingerprint density at radius 2 is 1.47 bits per heavy atom. The molecule has 32 heteroatoms. The molecular weight excluding hydrogens is 823 g/mol. The monoisotopic (exact) mass is 851 g/mol. The van der Waals surface area contributed by atoms with Crippen molar-refractivity contribution in [3.8, 4) is 0 Å².